The maximum absolute atomic E-state index is 12.9. The maximum Gasteiger partial charge on any atom is 0.256 e. The normalized spacial score (nSPS) is 11.1. The number of carbonyl (C=O) groups excluding carboxylic acids is 1. The molecular formula is C17H17FN4OS. The van der Waals surface area contributed by atoms with Gasteiger partial charge in [-0.15, -0.1) is 10.2 Å². The Morgan fingerprint density at radius 3 is 2.71 bits per heavy atom. The maximum atomic E-state index is 12.9. The van der Waals surface area contributed by atoms with Crippen molar-refractivity contribution in [2.75, 3.05) is 5.75 Å². The van der Waals surface area contributed by atoms with E-state index < -0.39 is 0 Å². The van der Waals surface area contributed by atoms with Crippen LogP contribution in [0.2, 0.25) is 0 Å². The first-order valence-corrected chi connectivity index (χ1v) is 8.64. The summed E-state index contributed by atoms with van der Waals surface area (Å²) in [5.74, 6) is 1.04. The van der Waals surface area contributed by atoms with E-state index in [1.54, 1.807) is 11.8 Å². The van der Waals surface area contributed by atoms with Crippen LogP contribution in [0, 0.1) is 19.7 Å². The summed E-state index contributed by atoms with van der Waals surface area (Å²) in [5.41, 5.74) is 2.49. The fourth-order valence-electron chi connectivity index (χ4n) is 2.47. The van der Waals surface area contributed by atoms with E-state index in [1.165, 1.54) is 24.3 Å². The molecule has 5 nitrogen and oxygen atoms in total. The zero-order chi connectivity index (χ0) is 17.1. The topological polar surface area (TPSA) is 60.2 Å². The standard InChI is InChI=1S/C17H17FN4OS/c1-11-10-12(2)22-16(19-11)20-21-17(22)24-9-3-4-15(23)13-5-7-14(18)8-6-13/h5-8,10H,3-4,9H2,1-2H3. The molecule has 0 radical (unpaired) electrons. The first-order valence-electron chi connectivity index (χ1n) is 7.65. The van der Waals surface area contributed by atoms with Gasteiger partial charge in [-0.1, -0.05) is 11.8 Å². The van der Waals surface area contributed by atoms with E-state index >= 15 is 0 Å². The van der Waals surface area contributed by atoms with Crippen LogP contribution in [0.25, 0.3) is 5.78 Å². The third kappa shape index (κ3) is 3.62. The van der Waals surface area contributed by atoms with Gasteiger partial charge in [0.05, 0.1) is 0 Å². The summed E-state index contributed by atoms with van der Waals surface area (Å²) in [6.45, 7) is 3.92. The van der Waals surface area contributed by atoms with E-state index in [2.05, 4.69) is 15.2 Å². The van der Waals surface area contributed by atoms with Gasteiger partial charge >= 0.3 is 0 Å². The van der Waals surface area contributed by atoms with Crippen molar-refractivity contribution in [2.24, 2.45) is 0 Å². The molecule has 0 spiro atoms. The number of rotatable bonds is 6. The van der Waals surface area contributed by atoms with Gasteiger partial charge in [-0.2, -0.15) is 0 Å². The molecular weight excluding hydrogens is 327 g/mol. The van der Waals surface area contributed by atoms with Crippen molar-refractivity contribution >= 4 is 23.3 Å². The molecule has 0 unspecified atom stereocenters. The van der Waals surface area contributed by atoms with Gasteiger partial charge in [-0.3, -0.25) is 9.20 Å². The minimum absolute atomic E-state index is 0.0233. The fraction of sp³-hybridized carbons (Fsp3) is 0.294. The van der Waals surface area contributed by atoms with E-state index in [0.717, 1.165) is 22.3 Å². The molecule has 2 aromatic heterocycles. The molecule has 0 atom stereocenters. The third-order valence-corrected chi connectivity index (χ3v) is 4.62. The number of aromatic nitrogens is 4. The van der Waals surface area contributed by atoms with Crippen molar-refractivity contribution in [2.45, 2.75) is 31.8 Å². The van der Waals surface area contributed by atoms with E-state index in [0.29, 0.717) is 24.2 Å². The van der Waals surface area contributed by atoms with Gasteiger partial charge in [0.1, 0.15) is 5.82 Å². The third-order valence-electron chi connectivity index (χ3n) is 3.61. The minimum atomic E-state index is -0.333. The number of hydrogen-bond acceptors (Lipinski definition) is 5. The Balaban J connectivity index is 1.57. The van der Waals surface area contributed by atoms with E-state index in [-0.39, 0.29) is 11.6 Å². The summed E-state index contributed by atoms with van der Waals surface area (Å²) in [7, 11) is 0. The number of ketones is 1. The number of Topliss-reactive ketones (excluding diaryl/α,β-unsaturated/α-hetero) is 1. The fourth-order valence-corrected chi connectivity index (χ4v) is 3.39. The largest absolute Gasteiger partial charge is 0.294 e. The number of halogens is 1. The molecule has 0 aliphatic carbocycles. The van der Waals surface area contributed by atoms with Crippen LogP contribution >= 0.6 is 11.8 Å². The van der Waals surface area contributed by atoms with Crippen molar-refractivity contribution in [3.05, 3.63) is 53.1 Å². The lowest BCUT2D eigenvalue weighted by Gasteiger charge is -2.04. The molecule has 1 aromatic carbocycles. The average Bonchev–Trinajstić information content (AvgIpc) is 2.95. The summed E-state index contributed by atoms with van der Waals surface area (Å²) in [6.07, 6.45) is 1.14. The Hall–Kier alpha value is -2.28. The summed E-state index contributed by atoms with van der Waals surface area (Å²) >= 11 is 1.55. The molecule has 0 fully saturated rings. The summed E-state index contributed by atoms with van der Waals surface area (Å²) < 4.78 is 14.8. The van der Waals surface area contributed by atoms with Gasteiger partial charge in [-0.05, 0) is 50.6 Å². The highest BCUT2D eigenvalue weighted by Crippen LogP contribution is 2.20. The first kappa shape index (κ1) is 16.6. The smallest absolute Gasteiger partial charge is 0.256 e. The lowest BCUT2D eigenvalue weighted by atomic mass is 10.1. The molecule has 3 rings (SSSR count). The predicted octanol–water partition coefficient (Wildman–Crippen LogP) is 3.64. The molecule has 0 amide bonds. The first-order chi connectivity index (χ1) is 11.5. The molecule has 0 saturated carbocycles. The van der Waals surface area contributed by atoms with Crippen LogP contribution in [0.4, 0.5) is 4.39 Å². The number of benzene rings is 1. The van der Waals surface area contributed by atoms with Crippen LogP contribution in [0.15, 0.2) is 35.5 Å². The molecule has 7 heteroatoms. The van der Waals surface area contributed by atoms with E-state index in [9.17, 15) is 9.18 Å². The molecule has 0 aliphatic heterocycles. The lowest BCUT2D eigenvalue weighted by molar-refractivity contribution is 0.0982. The second-order valence-electron chi connectivity index (χ2n) is 5.54. The lowest BCUT2D eigenvalue weighted by Crippen LogP contribution is -2.00. The van der Waals surface area contributed by atoms with Crippen LogP contribution in [0.5, 0.6) is 0 Å². The number of hydrogen-bond donors (Lipinski definition) is 0. The van der Waals surface area contributed by atoms with Crippen molar-refractivity contribution in [3.63, 3.8) is 0 Å². The Kier molecular flexibility index (Phi) is 4.89. The highest BCUT2D eigenvalue weighted by atomic mass is 32.2. The summed E-state index contributed by atoms with van der Waals surface area (Å²) in [5, 5.41) is 9.04. The highest BCUT2D eigenvalue weighted by molar-refractivity contribution is 7.99. The quantitative estimate of drug-likeness (QED) is 0.388. The van der Waals surface area contributed by atoms with Crippen molar-refractivity contribution in [1.82, 2.24) is 19.6 Å². The second kappa shape index (κ2) is 7.09. The van der Waals surface area contributed by atoms with Crippen LogP contribution < -0.4 is 0 Å². The Morgan fingerprint density at radius 2 is 1.96 bits per heavy atom. The zero-order valence-electron chi connectivity index (χ0n) is 13.5. The molecule has 2 heterocycles. The van der Waals surface area contributed by atoms with Gasteiger partial charge < -0.3 is 0 Å². The molecule has 0 bridgehead atoms. The number of aryl methyl sites for hydroxylation is 2. The summed E-state index contributed by atoms with van der Waals surface area (Å²) in [6, 6.07) is 7.64. The van der Waals surface area contributed by atoms with Crippen LogP contribution in [0.3, 0.4) is 0 Å². The molecule has 0 saturated heterocycles. The van der Waals surface area contributed by atoms with Gasteiger partial charge in [-0.25, -0.2) is 9.37 Å². The SMILES string of the molecule is Cc1cc(C)n2c(SCCCC(=O)c3ccc(F)cc3)nnc2n1. The van der Waals surface area contributed by atoms with Gasteiger partial charge in [0.2, 0.25) is 0 Å². The number of thioether (sulfide) groups is 1. The zero-order valence-corrected chi connectivity index (χ0v) is 14.3. The second-order valence-corrected chi connectivity index (χ2v) is 6.60. The van der Waals surface area contributed by atoms with Crippen molar-refractivity contribution < 1.29 is 9.18 Å². The molecule has 0 N–H and O–H groups in total. The molecule has 0 aliphatic rings. The minimum Gasteiger partial charge on any atom is -0.294 e. The molecule has 24 heavy (non-hydrogen) atoms. The van der Waals surface area contributed by atoms with Gasteiger partial charge in [0.15, 0.2) is 10.9 Å². The molecule has 3 aromatic rings. The van der Waals surface area contributed by atoms with Gasteiger partial charge in [0.25, 0.3) is 5.78 Å². The van der Waals surface area contributed by atoms with Gasteiger partial charge in [0, 0.05) is 29.1 Å². The number of carbonyl (C=O) groups is 1. The number of nitrogens with zero attached hydrogens (tertiary/aromatic N) is 4. The Bertz CT molecular complexity index is 876. The van der Waals surface area contributed by atoms with E-state index in [1.807, 2.05) is 24.3 Å². The Labute approximate surface area is 143 Å². The van der Waals surface area contributed by atoms with Crippen LogP contribution in [-0.2, 0) is 0 Å². The van der Waals surface area contributed by atoms with Crippen molar-refractivity contribution in [3.8, 4) is 0 Å². The average molecular weight is 344 g/mol. The number of fused-ring (bicyclic) bond motifs is 1. The Morgan fingerprint density at radius 1 is 1.21 bits per heavy atom. The monoisotopic (exact) mass is 344 g/mol. The highest BCUT2D eigenvalue weighted by Gasteiger charge is 2.11. The van der Waals surface area contributed by atoms with Crippen LogP contribution in [0.1, 0.15) is 34.6 Å². The van der Waals surface area contributed by atoms with Crippen molar-refractivity contribution in [1.29, 1.82) is 0 Å². The van der Waals surface area contributed by atoms with Crippen LogP contribution in [-0.4, -0.2) is 31.1 Å². The predicted molar refractivity (Wildman–Crippen MR) is 90.9 cm³/mol. The summed E-state index contributed by atoms with van der Waals surface area (Å²) in [4.78, 5) is 16.4. The van der Waals surface area contributed by atoms with E-state index in [4.69, 9.17) is 0 Å². The molecule has 124 valence electrons.